The van der Waals surface area contributed by atoms with E-state index in [-0.39, 0.29) is 7.48 Å². The van der Waals surface area contributed by atoms with Crippen molar-refractivity contribution in [3.8, 4) is 0 Å². The molecule has 0 atom stereocenters. The zero-order chi connectivity index (χ0) is 10.5. The van der Waals surface area contributed by atoms with E-state index in [0.717, 1.165) is 5.25 Å². The summed E-state index contributed by atoms with van der Waals surface area (Å²) in [6.45, 7) is 6.48. The van der Waals surface area contributed by atoms with E-state index in [0.29, 0.717) is 0 Å². The molecule has 0 spiro atoms. The standard InChI is InChI=1S/C10H16B4O/c15-14-10-11-8-6-4-2-1-3-5-7-9(8)12-13-10/h14-15H,1-7H2. The Morgan fingerprint density at radius 3 is 2.27 bits per heavy atom. The molecule has 0 fully saturated rings. The van der Waals surface area contributed by atoms with E-state index in [1.54, 1.807) is 0 Å². The Morgan fingerprint density at radius 1 is 0.867 bits per heavy atom. The summed E-state index contributed by atoms with van der Waals surface area (Å²) in [5.74, 6) is 0. The molecule has 1 aliphatic carbocycles. The number of hydrogen-bond acceptors (Lipinski definition) is 1. The van der Waals surface area contributed by atoms with E-state index in [4.69, 9.17) is 5.02 Å². The summed E-state index contributed by atoms with van der Waals surface area (Å²) < 4.78 is 0. The van der Waals surface area contributed by atoms with Crippen LogP contribution in [0.15, 0.2) is 0 Å². The van der Waals surface area contributed by atoms with Gasteiger partial charge >= 0.3 is 94.1 Å². The third-order valence-corrected chi connectivity index (χ3v) is 3.35. The molecule has 0 radical (unpaired) electrons. The monoisotopic (exact) mass is 196 g/mol. The topological polar surface area (TPSA) is 20.2 Å². The Bertz CT molecular complexity index is 329. The minimum atomic E-state index is 0.174. The molecule has 1 aliphatic rings. The number of hydrogen-bond donors (Lipinski definition) is 1. The van der Waals surface area contributed by atoms with Crippen LogP contribution in [0.25, 0.3) is 0 Å². The van der Waals surface area contributed by atoms with Crippen LogP contribution < -0.4 is 5.25 Å². The number of rotatable bonds is 1. The van der Waals surface area contributed by atoms with Gasteiger partial charge in [0.25, 0.3) is 0 Å². The molecule has 0 unspecified atom stereocenters. The molecule has 15 heavy (non-hydrogen) atoms. The van der Waals surface area contributed by atoms with Gasteiger partial charge in [-0.3, -0.25) is 0 Å². The maximum atomic E-state index is 9.12. The second kappa shape index (κ2) is 5.79. The van der Waals surface area contributed by atoms with Crippen LogP contribution in [0.2, 0.25) is 0 Å². The van der Waals surface area contributed by atoms with Crippen molar-refractivity contribution in [3.05, 3.63) is 10.9 Å². The van der Waals surface area contributed by atoms with Gasteiger partial charge in [-0.05, 0) is 0 Å². The molecular weight excluding hydrogens is 179 g/mol. The van der Waals surface area contributed by atoms with Crippen molar-refractivity contribution in [2.75, 3.05) is 0 Å². The molecule has 2 rings (SSSR count). The third-order valence-electron chi connectivity index (χ3n) is 3.35. The quantitative estimate of drug-likeness (QED) is 0.611. The molecular formula is C10H16B4O. The van der Waals surface area contributed by atoms with Gasteiger partial charge in [0.05, 0.1) is 0 Å². The maximum absolute atomic E-state index is 9.12. The Labute approximate surface area is 94.6 Å². The van der Waals surface area contributed by atoms with Gasteiger partial charge in [-0.1, -0.05) is 0 Å². The molecule has 1 N–H and O–H groups in total. The van der Waals surface area contributed by atoms with Crippen LogP contribution in [0.4, 0.5) is 0 Å². The van der Waals surface area contributed by atoms with Crippen molar-refractivity contribution in [2.45, 2.75) is 44.9 Å². The number of fused-ring (bicyclic) bond motifs is 1. The van der Waals surface area contributed by atoms with Gasteiger partial charge in [-0.25, -0.2) is 0 Å². The van der Waals surface area contributed by atoms with Gasteiger partial charge in [0.1, 0.15) is 0 Å². The van der Waals surface area contributed by atoms with Crippen molar-refractivity contribution < 1.29 is 5.02 Å². The molecule has 0 bridgehead atoms. The second-order valence-corrected chi connectivity index (χ2v) is 4.53. The van der Waals surface area contributed by atoms with Crippen LogP contribution in [0, 0.1) is 0 Å². The van der Waals surface area contributed by atoms with E-state index >= 15 is 0 Å². The minimum absolute atomic E-state index is 0.174. The predicted octanol–water partition coefficient (Wildman–Crippen LogP) is -0.281. The Balaban J connectivity index is 2.21. The first-order chi connectivity index (χ1) is 7.40. The molecule has 0 saturated carbocycles. The van der Waals surface area contributed by atoms with E-state index < -0.39 is 0 Å². The molecule has 0 amide bonds. The fraction of sp³-hybridized carbons (Fsp3) is 0.700. The van der Waals surface area contributed by atoms with Gasteiger partial charge < -0.3 is 0 Å². The molecule has 1 nitrogen and oxygen atoms in total. The van der Waals surface area contributed by atoms with Crippen LogP contribution in [-0.2, 0) is 12.8 Å². The van der Waals surface area contributed by atoms with E-state index in [9.17, 15) is 0 Å². The van der Waals surface area contributed by atoms with Crippen LogP contribution in [-0.4, -0.2) is 33.0 Å². The molecule has 0 aromatic carbocycles. The fourth-order valence-electron chi connectivity index (χ4n) is 2.42. The molecule has 1 aromatic heterocycles. The summed E-state index contributed by atoms with van der Waals surface area (Å²) in [4.78, 5) is 0. The summed E-state index contributed by atoms with van der Waals surface area (Å²) in [7, 11) is 0.174. The van der Waals surface area contributed by atoms with Gasteiger partial charge in [0.15, 0.2) is 0 Å². The van der Waals surface area contributed by atoms with Crippen molar-refractivity contribution >= 4 is 33.2 Å². The van der Waals surface area contributed by atoms with E-state index in [1.165, 1.54) is 55.9 Å². The van der Waals surface area contributed by atoms with E-state index in [1.807, 2.05) is 0 Å². The predicted molar refractivity (Wildman–Crippen MR) is 70.0 cm³/mol. The van der Waals surface area contributed by atoms with Crippen molar-refractivity contribution in [1.29, 1.82) is 0 Å². The van der Waals surface area contributed by atoms with Crippen molar-refractivity contribution in [1.82, 2.24) is 0 Å². The molecule has 1 heterocycles. The van der Waals surface area contributed by atoms with Crippen LogP contribution >= 0.6 is 0 Å². The fourth-order valence-corrected chi connectivity index (χ4v) is 2.42. The zero-order valence-electron chi connectivity index (χ0n) is 9.34. The third kappa shape index (κ3) is 3.14. The van der Waals surface area contributed by atoms with E-state index in [2.05, 4.69) is 20.5 Å². The van der Waals surface area contributed by atoms with Crippen LogP contribution in [0.1, 0.15) is 43.0 Å². The Hall–Kier alpha value is -0.170. The first-order valence-corrected chi connectivity index (χ1v) is 6.11. The van der Waals surface area contributed by atoms with Gasteiger partial charge in [-0.2, -0.15) is 0 Å². The first kappa shape index (κ1) is 11.3. The summed E-state index contributed by atoms with van der Waals surface area (Å²) in [5.41, 5.74) is 2.98. The average Bonchev–Trinajstić information content (AvgIpc) is 2.39. The first-order valence-electron chi connectivity index (χ1n) is 6.11. The van der Waals surface area contributed by atoms with Gasteiger partial charge in [0.2, 0.25) is 0 Å². The van der Waals surface area contributed by atoms with Gasteiger partial charge in [0, 0.05) is 0 Å². The Kier molecular flexibility index (Phi) is 4.37. The summed E-state index contributed by atoms with van der Waals surface area (Å²) in [5, 5.41) is 10.2. The molecule has 0 aliphatic heterocycles. The molecule has 0 saturated heterocycles. The molecule has 5 heteroatoms. The van der Waals surface area contributed by atoms with Gasteiger partial charge in [-0.15, -0.1) is 0 Å². The van der Waals surface area contributed by atoms with Crippen LogP contribution in [0.3, 0.4) is 0 Å². The zero-order valence-corrected chi connectivity index (χ0v) is 9.34. The average molecular weight is 195 g/mol. The van der Waals surface area contributed by atoms with Crippen molar-refractivity contribution in [3.63, 3.8) is 0 Å². The SMILES string of the molecule is OBc1bbc2c(b1)CCCCCCC2. The molecule has 1 aromatic rings. The second-order valence-electron chi connectivity index (χ2n) is 4.53. The normalized spacial score (nSPS) is 16.3. The van der Waals surface area contributed by atoms with Crippen molar-refractivity contribution in [2.24, 2.45) is 0 Å². The molecule has 74 valence electrons. The van der Waals surface area contributed by atoms with Crippen LogP contribution in [0.5, 0.6) is 0 Å². The number of aryl methyl sites for hydroxylation is 2. The summed E-state index contributed by atoms with van der Waals surface area (Å²) in [6, 6.07) is 0. The Morgan fingerprint density at radius 2 is 1.53 bits per heavy atom. The summed E-state index contributed by atoms with van der Waals surface area (Å²) in [6.07, 6.45) is 9.18. The summed E-state index contributed by atoms with van der Waals surface area (Å²) >= 11 is 0.